The number of hydrogen-bond acceptors (Lipinski definition) is 3. The van der Waals surface area contributed by atoms with Crippen molar-refractivity contribution in [2.24, 2.45) is 0 Å². The summed E-state index contributed by atoms with van der Waals surface area (Å²) < 4.78 is 1.63. The van der Waals surface area contributed by atoms with Crippen molar-refractivity contribution in [2.75, 3.05) is 16.8 Å². The summed E-state index contributed by atoms with van der Waals surface area (Å²) in [6.07, 6.45) is 1.34. The summed E-state index contributed by atoms with van der Waals surface area (Å²) in [5.74, 6) is -0.274. The molecule has 1 aliphatic rings. The third-order valence-corrected chi connectivity index (χ3v) is 5.65. The number of aromatic nitrogens is 2. The van der Waals surface area contributed by atoms with E-state index >= 15 is 0 Å². The number of amides is 2. The molecular weight excluding hydrogens is 400 g/mol. The van der Waals surface area contributed by atoms with E-state index in [1.807, 2.05) is 49.4 Å². The molecule has 1 aliphatic heterocycles. The van der Waals surface area contributed by atoms with Crippen molar-refractivity contribution in [1.29, 1.82) is 0 Å². The van der Waals surface area contributed by atoms with E-state index in [-0.39, 0.29) is 11.8 Å². The first-order chi connectivity index (χ1) is 14.4. The summed E-state index contributed by atoms with van der Waals surface area (Å²) in [4.78, 5) is 26.9. The van der Waals surface area contributed by atoms with E-state index in [2.05, 4.69) is 10.4 Å². The van der Waals surface area contributed by atoms with Crippen LogP contribution in [-0.2, 0) is 11.3 Å². The summed E-state index contributed by atoms with van der Waals surface area (Å²) in [5.41, 5.74) is 4.41. The second-order valence-corrected chi connectivity index (χ2v) is 7.87. The van der Waals surface area contributed by atoms with E-state index in [1.54, 1.807) is 22.6 Å². The number of rotatable bonds is 5. The first kappa shape index (κ1) is 20.2. The second kappa shape index (κ2) is 8.32. The molecule has 0 saturated carbocycles. The molecule has 1 N–H and O–H groups in total. The lowest BCUT2D eigenvalue weighted by Gasteiger charge is -2.20. The second-order valence-electron chi connectivity index (χ2n) is 7.51. The van der Waals surface area contributed by atoms with Crippen molar-refractivity contribution in [3.63, 3.8) is 0 Å². The standard InChI is InChI=1S/C23H23ClN4O2/c1-15-9-11-17(12-10-15)14-28-22(24)21(16(2)26-28)23(30)25-18-6-3-4-7-19(18)27-13-5-8-20(27)29/h3-4,6-7,9-12H,5,8,13-14H2,1-2H3,(H,25,30). The van der Waals surface area contributed by atoms with Gasteiger partial charge in [-0.3, -0.25) is 9.59 Å². The maximum absolute atomic E-state index is 13.1. The molecule has 6 nitrogen and oxygen atoms in total. The third kappa shape index (κ3) is 3.96. The molecule has 0 atom stereocenters. The summed E-state index contributed by atoms with van der Waals surface area (Å²) in [5, 5.41) is 7.67. The van der Waals surface area contributed by atoms with Gasteiger partial charge in [-0.2, -0.15) is 5.10 Å². The van der Waals surface area contributed by atoms with Gasteiger partial charge in [-0.05, 0) is 38.0 Å². The van der Waals surface area contributed by atoms with Crippen LogP contribution in [0.15, 0.2) is 48.5 Å². The van der Waals surface area contributed by atoms with Gasteiger partial charge in [0.2, 0.25) is 5.91 Å². The van der Waals surface area contributed by atoms with E-state index in [9.17, 15) is 9.59 Å². The van der Waals surface area contributed by atoms with E-state index < -0.39 is 0 Å². The van der Waals surface area contributed by atoms with Crippen molar-refractivity contribution in [2.45, 2.75) is 33.2 Å². The Balaban J connectivity index is 1.58. The summed E-state index contributed by atoms with van der Waals surface area (Å²) in [7, 11) is 0. The fourth-order valence-electron chi connectivity index (χ4n) is 3.68. The Morgan fingerprint density at radius 2 is 1.87 bits per heavy atom. The molecule has 1 saturated heterocycles. The lowest BCUT2D eigenvalue weighted by molar-refractivity contribution is -0.117. The molecule has 0 unspecified atom stereocenters. The largest absolute Gasteiger partial charge is 0.320 e. The number of carbonyl (C=O) groups is 2. The number of aryl methyl sites for hydroxylation is 2. The Hall–Kier alpha value is -3.12. The first-order valence-electron chi connectivity index (χ1n) is 9.93. The predicted molar refractivity (Wildman–Crippen MR) is 118 cm³/mol. The fourth-order valence-corrected chi connectivity index (χ4v) is 4.00. The molecule has 30 heavy (non-hydrogen) atoms. The average molecular weight is 423 g/mol. The van der Waals surface area contributed by atoms with Gasteiger partial charge in [-0.1, -0.05) is 53.6 Å². The molecule has 7 heteroatoms. The van der Waals surface area contributed by atoms with Gasteiger partial charge in [0.05, 0.1) is 29.2 Å². The number of carbonyl (C=O) groups excluding carboxylic acids is 2. The highest BCUT2D eigenvalue weighted by Crippen LogP contribution is 2.30. The molecule has 1 aromatic heterocycles. The van der Waals surface area contributed by atoms with Crippen molar-refractivity contribution in [3.05, 3.63) is 76.1 Å². The Morgan fingerprint density at radius 1 is 1.13 bits per heavy atom. The molecule has 3 aromatic rings. The zero-order chi connectivity index (χ0) is 21.3. The van der Waals surface area contributed by atoms with Gasteiger partial charge in [0.1, 0.15) is 5.15 Å². The highest BCUT2D eigenvalue weighted by Gasteiger charge is 2.26. The normalized spacial score (nSPS) is 13.7. The Labute approximate surface area is 180 Å². The molecule has 154 valence electrons. The van der Waals surface area contributed by atoms with Crippen LogP contribution < -0.4 is 10.2 Å². The molecule has 0 bridgehead atoms. The van der Waals surface area contributed by atoms with Crippen LogP contribution in [0.25, 0.3) is 0 Å². The average Bonchev–Trinajstić information content (AvgIpc) is 3.26. The van der Waals surface area contributed by atoms with Crippen LogP contribution in [0.2, 0.25) is 5.15 Å². The number of benzene rings is 2. The number of nitrogens with zero attached hydrogens (tertiary/aromatic N) is 3. The molecule has 0 spiro atoms. The molecule has 1 fully saturated rings. The predicted octanol–water partition coefficient (Wildman–Crippen LogP) is 4.58. The van der Waals surface area contributed by atoms with Gasteiger partial charge in [-0.25, -0.2) is 4.68 Å². The molecule has 0 aliphatic carbocycles. The number of para-hydroxylation sites is 2. The quantitative estimate of drug-likeness (QED) is 0.654. The van der Waals surface area contributed by atoms with Gasteiger partial charge in [-0.15, -0.1) is 0 Å². The first-order valence-corrected chi connectivity index (χ1v) is 10.3. The van der Waals surface area contributed by atoms with Gasteiger partial charge in [0.15, 0.2) is 0 Å². The monoisotopic (exact) mass is 422 g/mol. The highest BCUT2D eigenvalue weighted by atomic mass is 35.5. The molecule has 0 radical (unpaired) electrons. The number of hydrogen-bond donors (Lipinski definition) is 1. The van der Waals surface area contributed by atoms with E-state index in [0.29, 0.717) is 47.3 Å². The van der Waals surface area contributed by atoms with Crippen molar-refractivity contribution >= 4 is 34.8 Å². The van der Waals surface area contributed by atoms with Crippen LogP contribution in [0.4, 0.5) is 11.4 Å². The Morgan fingerprint density at radius 3 is 2.57 bits per heavy atom. The van der Waals surface area contributed by atoms with E-state index in [1.165, 1.54) is 5.56 Å². The molecular formula is C23H23ClN4O2. The number of anilines is 2. The minimum atomic E-state index is -0.341. The van der Waals surface area contributed by atoms with Crippen LogP contribution in [0.3, 0.4) is 0 Å². The molecule has 2 aromatic carbocycles. The lowest BCUT2D eigenvalue weighted by Crippen LogP contribution is -2.25. The van der Waals surface area contributed by atoms with Crippen molar-refractivity contribution in [3.8, 4) is 0 Å². The zero-order valence-corrected chi connectivity index (χ0v) is 17.7. The van der Waals surface area contributed by atoms with Crippen molar-refractivity contribution < 1.29 is 9.59 Å². The smallest absolute Gasteiger partial charge is 0.260 e. The van der Waals surface area contributed by atoms with Gasteiger partial charge in [0, 0.05) is 13.0 Å². The molecule has 2 amide bonds. The van der Waals surface area contributed by atoms with Crippen LogP contribution in [0.1, 0.15) is 40.0 Å². The minimum absolute atomic E-state index is 0.0665. The van der Waals surface area contributed by atoms with Crippen LogP contribution in [-0.4, -0.2) is 28.1 Å². The third-order valence-electron chi connectivity index (χ3n) is 5.26. The maximum Gasteiger partial charge on any atom is 0.260 e. The van der Waals surface area contributed by atoms with E-state index in [0.717, 1.165) is 12.0 Å². The van der Waals surface area contributed by atoms with Gasteiger partial charge < -0.3 is 10.2 Å². The zero-order valence-electron chi connectivity index (χ0n) is 17.0. The van der Waals surface area contributed by atoms with Crippen molar-refractivity contribution in [1.82, 2.24) is 9.78 Å². The van der Waals surface area contributed by atoms with Gasteiger partial charge in [0.25, 0.3) is 5.91 Å². The van der Waals surface area contributed by atoms with E-state index in [4.69, 9.17) is 11.6 Å². The summed E-state index contributed by atoms with van der Waals surface area (Å²) in [6, 6.07) is 15.4. The molecule has 4 rings (SSSR count). The Kier molecular flexibility index (Phi) is 5.59. The summed E-state index contributed by atoms with van der Waals surface area (Å²) in [6.45, 7) is 4.93. The lowest BCUT2D eigenvalue weighted by atomic mass is 10.1. The Bertz CT molecular complexity index is 1100. The van der Waals surface area contributed by atoms with Crippen LogP contribution in [0, 0.1) is 13.8 Å². The van der Waals surface area contributed by atoms with Crippen LogP contribution in [0.5, 0.6) is 0 Å². The SMILES string of the molecule is Cc1ccc(Cn2nc(C)c(C(=O)Nc3ccccc3N3CCCC3=O)c2Cl)cc1. The molecule has 2 heterocycles. The fraction of sp³-hybridized carbons (Fsp3) is 0.261. The number of halogens is 1. The van der Waals surface area contributed by atoms with Crippen LogP contribution >= 0.6 is 11.6 Å². The van der Waals surface area contributed by atoms with Gasteiger partial charge >= 0.3 is 0 Å². The topological polar surface area (TPSA) is 67.2 Å². The minimum Gasteiger partial charge on any atom is -0.320 e. The maximum atomic E-state index is 13.1. The highest BCUT2D eigenvalue weighted by molar-refractivity contribution is 6.33. The summed E-state index contributed by atoms with van der Waals surface area (Å²) >= 11 is 6.54. The number of nitrogens with one attached hydrogen (secondary N) is 1.